The summed E-state index contributed by atoms with van der Waals surface area (Å²) in [4.78, 5) is 7.52. The zero-order valence-corrected chi connectivity index (χ0v) is 17.9. The Morgan fingerprint density at radius 2 is 0.862 bits per heavy atom. The summed E-state index contributed by atoms with van der Waals surface area (Å²) in [6.45, 7) is 0. The van der Waals surface area contributed by atoms with Gasteiger partial charge in [-0.15, -0.1) is 0 Å². The molecule has 0 saturated carbocycles. The van der Waals surface area contributed by atoms with Gasteiger partial charge in [-0.3, -0.25) is 9.97 Å². The van der Waals surface area contributed by atoms with Gasteiger partial charge in [-0.05, 0) is 48.2 Å². The van der Waals surface area contributed by atoms with Crippen molar-refractivity contribution in [2.45, 2.75) is 12.8 Å². The predicted octanol–water partition coefficient (Wildman–Crippen LogP) is -3.35. The molecule has 2 aromatic rings. The Hall–Kier alpha value is -1.53. The first-order valence-electron chi connectivity index (χ1n) is 6.81. The molecular weight excluding hydrogens is 479 g/mol. The Labute approximate surface area is 179 Å². The molecule has 2 rings (SSSR count). The van der Waals surface area contributed by atoms with Crippen LogP contribution < -0.4 is 0 Å². The molecule has 0 spiro atoms. The van der Waals surface area contributed by atoms with E-state index in [1.165, 1.54) is 0 Å². The van der Waals surface area contributed by atoms with Crippen LogP contribution in [0.25, 0.3) is 0 Å². The molecule has 171 valence electrons. The fraction of sp³-hybridized carbons (Fsp3) is 0.286. The van der Waals surface area contributed by atoms with Crippen molar-refractivity contribution in [2.75, 3.05) is 11.5 Å². The minimum Gasteiger partial charge on any atom is -0.748 e. The summed E-state index contributed by atoms with van der Waals surface area (Å²) < 4.78 is 61.4. The van der Waals surface area contributed by atoms with Crippen LogP contribution in [-0.4, -0.2) is 47.4 Å². The number of hydrogen-bond acceptors (Lipinski definition) is 8. The van der Waals surface area contributed by atoms with Gasteiger partial charge in [-0.2, -0.15) is 0 Å². The second kappa shape index (κ2) is 18.5. The standard InChI is InChI=1S/2C7H9NO3S.Co.4H2O/c2*9-12(10,11)6-3-7-1-4-8-5-2-7;;;;;/h2*1-2,4-5H,3,6H2,(H,9,10,11);;4*1H2/q;;+2;;;;/p+2. The summed E-state index contributed by atoms with van der Waals surface area (Å²) >= 11 is 0. The van der Waals surface area contributed by atoms with E-state index in [1.807, 2.05) is 0 Å². The van der Waals surface area contributed by atoms with Gasteiger partial charge in [0.05, 0.1) is 20.2 Å². The van der Waals surface area contributed by atoms with E-state index in [2.05, 4.69) is 9.97 Å². The SMILES string of the molecule is O=S(=O)([O-])CCc1ccncc1.O=S(=O)([O-])CCc1ccncc1.[Co+2].[OH3+].[OH3+].[OH3+].[OH3+]. The van der Waals surface area contributed by atoms with Gasteiger partial charge >= 0.3 is 16.8 Å². The third-order valence-electron chi connectivity index (χ3n) is 2.78. The van der Waals surface area contributed by atoms with E-state index in [1.54, 1.807) is 49.1 Å². The molecule has 0 aliphatic carbocycles. The Morgan fingerprint density at radius 1 is 0.621 bits per heavy atom. The molecule has 0 bridgehead atoms. The predicted molar refractivity (Wildman–Crippen MR) is 104 cm³/mol. The first-order valence-corrected chi connectivity index (χ1v) is 9.96. The van der Waals surface area contributed by atoms with E-state index in [4.69, 9.17) is 0 Å². The molecule has 0 unspecified atom stereocenters. The number of aryl methyl sites for hydroxylation is 2. The number of aromatic nitrogens is 2. The normalized spacial score (nSPS) is 9.45. The fourth-order valence-electron chi connectivity index (χ4n) is 1.58. The minimum atomic E-state index is -4.09. The quantitative estimate of drug-likeness (QED) is 0.280. The van der Waals surface area contributed by atoms with Gasteiger partial charge in [-0.25, -0.2) is 16.8 Å². The molecule has 0 atom stereocenters. The van der Waals surface area contributed by atoms with Crippen LogP contribution in [0, 0.1) is 0 Å². The van der Waals surface area contributed by atoms with Gasteiger partial charge in [0.15, 0.2) is 0 Å². The van der Waals surface area contributed by atoms with E-state index in [-0.39, 0.29) is 63.0 Å². The van der Waals surface area contributed by atoms with Gasteiger partial charge < -0.3 is 31.0 Å². The summed E-state index contributed by atoms with van der Waals surface area (Å²) in [6.07, 6.45) is 6.77. The number of pyridine rings is 2. The minimum absolute atomic E-state index is 0. The van der Waals surface area contributed by atoms with Crippen molar-refractivity contribution in [1.29, 1.82) is 0 Å². The molecule has 0 amide bonds. The Kier molecular flexibility index (Phi) is 24.3. The molecule has 12 N–H and O–H groups in total. The van der Waals surface area contributed by atoms with Crippen LogP contribution in [0.15, 0.2) is 49.1 Å². The zero-order chi connectivity index (χ0) is 18.1. The monoisotopic (exact) mass is 507 g/mol. The maximum Gasteiger partial charge on any atom is 2.00 e. The second-order valence-corrected chi connectivity index (χ2v) is 7.78. The number of nitrogens with zero attached hydrogens (tertiary/aromatic N) is 2. The van der Waals surface area contributed by atoms with Gasteiger partial charge in [-0.1, -0.05) is 0 Å². The topological polar surface area (TPSA) is 272 Å². The molecule has 15 heteroatoms. The van der Waals surface area contributed by atoms with Crippen LogP contribution >= 0.6 is 0 Å². The van der Waals surface area contributed by atoms with Gasteiger partial charge in [0, 0.05) is 36.3 Å². The smallest absolute Gasteiger partial charge is 0.748 e. The largest absolute Gasteiger partial charge is 2.00 e. The molecule has 0 aromatic carbocycles. The van der Waals surface area contributed by atoms with Crippen LogP contribution in [0.1, 0.15) is 11.1 Å². The van der Waals surface area contributed by atoms with Crippen LogP contribution in [0.5, 0.6) is 0 Å². The third-order valence-corrected chi connectivity index (χ3v) is 4.19. The van der Waals surface area contributed by atoms with Gasteiger partial charge in [0.1, 0.15) is 0 Å². The number of rotatable bonds is 6. The first-order chi connectivity index (χ1) is 11.2. The van der Waals surface area contributed by atoms with Crippen molar-refractivity contribution in [2.24, 2.45) is 0 Å². The van der Waals surface area contributed by atoms with Crippen molar-refractivity contribution in [3.05, 3.63) is 60.2 Å². The van der Waals surface area contributed by atoms with Crippen LogP contribution in [0.4, 0.5) is 0 Å². The van der Waals surface area contributed by atoms with Crippen LogP contribution in [0.3, 0.4) is 0 Å². The first kappa shape index (κ1) is 38.1. The molecular formula is C14H28CoN2O10S2+4. The molecule has 2 aromatic heterocycles. The van der Waals surface area contributed by atoms with Crippen molar-refractivity contribution >= 4 is 20.2 Å². The van der Waals surface area contributed by atoms with E-state index in [0.29, 0.717) is 0 Å². The van der Waals surface area contributed by atoms with E-state index in [9.17, 15) is 25.9 Å². The average Bonchev–Trinajstić information content (AvgIpc) is 2.52. The molecule has 0 saturated heterocycles. The van der Waals surface area contributed by atoms with Crippen molar-refractivity contribution in [3.63, 3.8) is 0 Å². The van der Waals surface area contributed by atoms with E-state index < -0.39 is 20.2 Å². The van der Waals surface area contributed by atoms with Gasteiger partial charge in [0.2, 0.25) is 0 Å². The maximum atomic E-state index is 10.2. The van der Waals surface area contributed by atoms with Gasteiger partial charge in [0.25, 0.3) is 0 Å². The Balaban J connectivity index is -0.000000113. The molecule has 0 aliphatic rings. The molecule has 1 radical (unpaired) electrons. The molecule has 0 aliphatic heterocycles. The van der Waals surface area contributed by atoms with E-state index >= 15 is 0 Å². The van der Waals surface area contributed by atoms with Crippen LogP contribution in [-0.2, 0) is 71.8 Å². The average molecular weight is 507 g/mol. The Bertz CT molecular complexity index is 750. The third kappa shape index (κ3) is 22.6. The summed E-state index contributed by atoms with van der Waals surface area (Å²) in [5.74, 6) is -0.700. The van der Waals surface area contributed by atoms with Crippen molar-refractivity contribution < 1.29 is 64.6 Å². The van der Waals surface area contributed by atoms with E-state index in [0.717, 1.165) is 11.1 Å². The fourth-order valence-corrected chi connectivity index (χ4v) is 2.56. The summed E-state index contributed by atoms with van der Waals surface area (Å²) in [5.41, 5.74) is 1.62. The molecule has 12 nitrogen and oxygen atoms in total. The summed E-state index contributed by atoms with van der Waals surface area (Å²) in [7, 11) is -8.19. The molecule has 29 heavy (non-hydrogen) atoms. The summed E-state index contributed by atoms with van der Waals surface area (Å²) in [5, 5.41) is 0. The Morgan fingerprint density at radius 3 is 1.07 bits per heavy atom. The molecule has 2 heterocycles. The van der Waals surface area contributed by atoms with Crippen molar-refractivity contribution in [1.82, 2.24) is 9.97 Å². The summed E-state index contributed by atoms with van der Waals surface area (Å²) in [6, 6.07) is 6.74. The number of hydrogen-bond donors (Lipinski definition) is 0. The zero-order valence-electron chi connectivity index (χ0n) is 15.3. The van der Waals surface area contributed by atoms with Crippen LogP contribution in [0.2, 0.25) is 0 Å². The second-order valence-electron chi connectivity index (χ2n) is 4.73. The molecule has 0 fully saturated rings. The maximum absolute atomic E-state index is 10.2. The van der Waals surface area contributed by atoms with Crippen molar-refractivity contribution in [3.8, 4) is 0 Å².